The zero-order chi connectivity index (χ0) is 22.1. The molecule has 1 aliphatic carbocycles. The normalized spacial score (nSPS) is 18.4. The molecule has 9 heteroatoms. The van der Waals surface area contributed by atoms with Crippen molar-refractivity contribution < 1.29 is 14.0 Å². The van der Waals surface area contributed by atoms with Gasteiger partial charge in [-0.1, -0.05) is 23.7 Å². The van der Waals surface area contributed by atoms with Gasteiger partial charge in [0.25, 0.3) is 5.91 Å². The van der Waals surface area contributed by atoms with Crippen LogP contribution in [0.15, 0.2) is 47.0 Å². The predicted molar refractivity (Wildman–Crippen MR) is 128 cm³/mol. The summed E-state index contributed by atoms with van der Waals surface area (Å²) >= 11 is 6.03. The van der Waals surface area contributed by atoms with E-state index >= 15 is 0 Å². The molecule has 0 aliphatic heterocycles. The van der Waals surface area contributed by atoms with Gasteiger partial charge in [-0.25, -0.2) is 4.98 Å². The molecule has 1 aromatic carbocycles. The Morgan fingerprint density at radius 1 is 1.09 bits per heavy atom. The molecule has 0 radical (unpaired) electrons. The molecule has 2 N–H and O–H groups in total. The first-order chi connectivity index (χ1) is 14.9. The van der Waals surface area contributed by atoms with Crippen LogP contribution in [0.25, 0.3) is 11.0 Å². The summed E-state index contributed by atoms with van der Waals surface area (Å²) in [7, 11) is 4.13. The number of fused-ring (bicyclic) bond motifs is 1. The minimum atomic E-state index is -0.741. The summed E-state index contributed by atoms with van der Waals surface area (Å²) in [5.41, 5.74) is 6.44. The number of pyridine rings is 1. The fourth-order valence-electron chi connectivity index (χ4n) is 4.28. The Morgan fingerprint density at radius 3 is 2.38 bits per heavy atom. The van der Waals surface area contributed by atoms with Crippen LogP contribution in [0.4, 0.5) is 11.5 Å². The molecule has 2 aromatic heterocycles. The molecule has 1 saturated carbocycles. The average molecular weight is 477 g/mol. The number of hydrogen-bond donors (Lipinski definition) is 1. The molecule has 4 rings (SSSR count). The number of rotatable bonds is 5. The van der Waals surface area contributed by atoms with E-state index in [0.717, 1.165) is 25.7 Å². The van der Waals surface area contributed by atoms with Gasteiger partial charge in [0.1, 0.15) is 17.1 Å². The number of nitrogens with two attached hydrogens (primary N) is 1. The van der Waals surface area contributed by atoms with Crippen molar-refractivity contribution in [2.45, 2.75) is 31.7 Å². The summed E-state index contributed by atoms with van der Waals surface area (Å²) in [5, 5.41) is 1.08. The van der Waals surface area contributed by atoms with E-state index in [1.54, 1.807) is 30.3 Å². The number of hydrogen-bond acceptors (Lipinski definition) is 5. The number of anilines is 2. The van der Waals surface area contributed by atoms with E-state index in [1.807, 2.05) is 6.07 Å². The Kier molecular flexibility index (Phi) is 7.44. The highest BCUT2D eigenvalue weighted by molar-refractivity contribution is 6.30. The number of carbonyl (C=O) groups is 2. The third-order valence-electron chi connectivity index (χ3n) is 5.95. The van der Waals surface area contributed by atoms with Crippen molar-refractivity contribution >= 4 is 58.3 Å². The average Bonchev–Trinajstić information content (AvgIpc) is 3.15. The third-order valence-corrected chi connectivity index (χ3v) is 6.18. The van der Waals surface area contributed by atoms with Gasteiger partial charge in [-0.15, -0.1) is 12.4 Å². The monoisotopic (exact) mass is 476 g/mol. The van der Waals surface area contributed by atoms with Gasteiger partial charge in [0, 0.05) is 23.5 Å². The van der Waals surface area contributed by atoms with Crippen LogP contribution in [-0.4, -0.2) is 41.8 Å². The number of para-hydroxylation sites is 1. The number of benzene rings is 1. The zero-order valence-electron chi connectivity index (χ0n) is 18.0. The summed E-state index contributed by atoms with van der Waals surface area (Å²) in [6.07, 6.45) is 4.85. The minimum absolute atomic E-state index is 0. The number of nitrogens with zero attached hydrogens (tertiary/aromatic N) is 3. The summed E-state index contributed by atoms with van der Waals surface area (Å²) in [5.74, 6) is -0.745. The fourth-order valence-corrected chi connectivity index (χ4v) is 4.39. The SMILES string of the molecule is CN(C)C1CCC(C(=O)N(c2ccc(Cl)cn2)c2c(C(N)=O)oc3ccccc23)CC1.Cl. The molecule has 3 aromatic rings. The van der Waals surface area contributed by atoms with Crippen LogP contribution in [0.2, 0.25) is 5.02 Å². The maximum Gasteiger partial charge on any atom is 0.286 e. The maximum absolute atomic E-state index is 13.8. The van der Waals surface area contributed by atoms with Crippen molar-refractivity contribution in [3.05, 3.63) is 53.4 Å². The van der Waals surface area contributed by atoms with Gasteiger partial charge < -0.3 is 15.1 Å². The molecular formula is C23H26Cl2N4O3. The first-order valence-electron chi connectivity index (χ1n) is 10.3. The van der Waals surface area contributed by atoms with Gasteiger partial charge in [0.2, 0.25) is 11.7 Å². The molecule has 0 unspecified atom stereocenters. The Balaban J connectivity index is 0.00000289. The molecule has 0 saturated heterocycles. The Hall–Kier alpha value is -2.61. The van der Waals surface area contributed by atoms with Gasteiger partial charge in [-0.2, -0.15) is 0 Å². The van der Waals surface area contributed by atoms with Gasteiger partial charge in [-0.05, 0) is 64.0 Å². The van der Waals surface area contributed by atoms with Crippen molar-refractivity contribution in [2.24, 2.45) is 11.7 Å². The second-order valence-electron chi connectivity index (χ2n) is 8.12. The van der Waals surface area contributed by atoms with Crippen LogP contribution in [0.5, 0.6) is 0 Å². The Morgan fingerprint density at radius 2 is 1.78 bits per heavy atom. The highest BCUT2D eigenvalue weighted by Gasteiger charge is 2.35. The molecule has 0 atom stereocenters. The number of carbonyl (C=O) groups excluding carboxylic acids is 2. The molecule has 32 heavy (non-hydrogen) atoms. The van der Waals surface area contributed by atoms with E-state index in [9.17, 15) is 9.59 Å². The third kappa shape index (κ3) is 4.60. The lowest BCUT2D eigenvalue weighted by atomic mass is 9.84. The largest absolute Gasteiger partial charge is 0.449 e. The lowest BCUT2D eigenvalue weighted by Gasteiger charge is -2.34. The van der Waals surface area contributed by atoms with Crippen LogP contribution < -0.4 is 10.6 Å². The van der Waals surface area contributed by atoms with Crippen molar-refractivity contribution in [1.82, 2.24) is 9.88 Å². The second-order valence-corrected chi connectivity index (χ2v) is 8.55. The highest BCUT2D eigenvalue weighted by Crippen LogP contribution is 2.40. The maximum atomic E-state index is 13.8. The smallest absolute Gasteiger partial charge is 0.286 e. The lowest BCUT2D eigenvalue weighted by molar-refractivity contribution is -0.122. The molecule has 7 nitrogen and oxygen atoms in total. The highest BCUT2D eigenvalue weighted by atomic mass is 35.5. The van der Waals surface area contributed by atoms with Gasteiger partial charge in [0.15, 0.2) is 0 Å². The quantitative estimate of drug-likeness (QED) is 0.571. The first-order valence-corrected chi connectivity index (χ1v) is 10.7. The topological polar surface area (TPSA) is 92.7 Å². The summed E-state index contributed by atoms with van der Waals surface area (Å²) in [6.45, 7) is 0. The van der Waals surface area contributed by atoms with Gasteiger partial charge in [0.05, 0.1) is 5.02 Å². The lowest BCUT2D eigenvalue weighted by Crippen LogP contribution is -2.39. The molecule has 2 heterocycles. The molecule has 1 fully saturated rings. The molecule has 0 bridgehead atoms. The van der Waals surface area contributed by atoms with E-state index in [2.05, 4.69) is 24.0 Å². The van der Waals surface area contributed by atoms with Crippen molar-refractivity contribution in [1.29, 1.82) is 0 Å². The first kappa shape index (κ1) is 24.0. The number of primary amides is 1. The summed E-state index contributed by atoms with van der Waals surface area (Å²) in [4.78, 5) is 34.1. The molecular weight excluding hydrogens is 451 g/mol. The van der Waals surface area contributed by atoms with Crippen LogP contribution in [0.1, 0.15) is 36.2 Å². The van der Waals surface area contributed by atoms with E-state index in [0.29, 0.717) is 33.5 Å². The van der Waals surface area contributed by atoms with Crippen LogP contribution in [0.3, 0.4) is 0 Å². The number of aromatic nitrogens is 1. The predicted octanol–water partition coefficient (Wildman–Crippen LogP) is 4.79. The molecule has 0 spiro atoms. The number of halogens is 2. The van der Waals surface area contributed by atoms with Gasteiger partial charge in [-0.3, -0.25) is 14.5 Å². The standard InChI is InChI=1S/C23H25ClN4O3.ClH/c1-27(2)16-10-7-14(8-11-16)23(30)28(19-12-9-15(24)13-26-19)20-17-5-3-4-6-18(17)31-21(20)22(25)29;/h3-6,9,12-14,16H,7-8,10-11H2,1-2H3,(H2,25,29);1H. The second kappa shape index (κ2) is 9.90. The molecule has 2 amide bonds. The van der Waals surface area contributed by atoms with Crippen LogP contribution in [-0.2, 0) is 4.79 Å². The van der Waals surface area contributed by atoms with E-state index in [4.69, 9.17) is 21.8 Å². The Labute approximate surface area is 197 Å². The van der Waals surface area contributed by atoms with Crippen LogP contribution in [0, 0.1) is 5.92 Å². The molecule has 170 valence electrons. The van der Waals surface area contributed by atoms with Crippen molar-refractivity contribution in [2.75, 3.05) is 19.0 Å². The van der Waals surface area contributed by atoms with Crippen molar-refractivity contribution in [3.8, 4) is 0 Å². The zero-order valence-corrected chi connectivity index (χ0v) is 19.5. The Bertz CT molecular complexity index is 1110. The number of amides is 2. The summed E-state index contributed by atoms with van der Waals surface area (Å²) < 4.78 is 5.74. The van der Waals surface area contributed by atoms with Crippen molar-refractivity contribution in [3.63, 3.8) is 0 Å². The minimum Gasteiger partial charge on any atom is -0.449 e. The van der Waals surface area contributed by atoms with Gasteiger partial charge >= 0.3 is 0 Å². The number of furan rings is 1. The fraction of sp³-hybridized carbons (Fsp3) is 0.348. The summed E-state index contributed by atoms with van der Waals surface area (Å²) in [6, 6.07) is 11.0. The van der Waals surface area contributed by atoms with E-state index in [-0.39, 0.29) is 30.0 Å². The van der Waals surface area contributed by atoms with E-state index in [1.165, 1.54) is 11.1 Å². The molecule has 1 aliphatic rings. The van der Waals surface area contributed by atoms with E-state index < -0.39 is 5.91 Å². The van der Waals surface area contributed by atoms with Crippen LogP contribution >= 0.6 is 24.0 Å².